The Morgan fingerprint density at radius 1 is 1.14 bits per heavy atom. The van der Waals surface area contributed by atoms with Crippen molar-refractivity contribution in [3.63, 3.8) is 0 Å². The smallest absolute Gasteiger partial charge is 0.295 e. The van der Waals surface area contributed by atoms with E-state index in [-0.39, 0.29) is 11.3 Å². The number of likely N-dealkylation sites (tertiary alicyclic amines) is 1. The number of morpholine rings is 1. The Balaban J connectivity index is 1.73. The lowest BCUT2D eigenvalue weighted by atomic mass is 9.93. The van der Waals surface area contributed by atoms with Gasteiger partial charge in [0, 0.05) is 31.7 Å². The van der Waals surface area contributed by atoms with E-state index >= 15 is 0 Å². The van der Waals surface area contributed by atoms with E-state index in [1.807, 2.05) is 31.2 Å². The first-order valence-corrected chi connectivity index (χ1v) is 12.8. The van der Waals surface area contributed by atoms with Gasteiger partial charge in [0.05, 0.1) is 24.8 Å². The summed E-state index contributed by atoms with van der Waals surface area (Å²) in [5.74, 6) is -0.407. The minimum Gasteiger partial charge on any atom is -0.507 e. The van der Waals surface area contributed by atoms with Crippen LogP contribution in [-0.4, -0.2) is 72.6 Å². The fraction of sp³-hybridized carbons (Fsp3) is 0.400. The molecule has 196 valence electrons. The van der Waals surface area contributed by atoms with Gasteiger partial charge in [-0.3, -0.25) is 14.5 Å². The Morgan fingerprint density at radius 3 is 2.46 bits per heavy atom. The first-order chi connectivity index (χ1) is 17.8. The maximum atomic E-state index is 13.4. The van der Waals surface area contributed by atoms with E-state index in [0.29, 0.717) is 50.1 Å². The van der Waals surface area contributed by atoms with Gasteiger partial charge in [-0.1, -0.05) is 50.8 Å². The number of hydrogen-bond acceptors (Lipinski definition) is 6. The number of rotatable bonds is 9. The molecule has 0 radical (unpaired) electrons. The second kappa shape index (κ2) is 11.8. The van der Waals surface area contributed by atoms with E-state index in [9.17, 15) is 14.7 Å². The van der Waals surface area contributed by atoms with E-state index < -0.39 is 17.7 Å². The predicted molar refractivity (Wildman–Crippen MR) is 144 cm³/mol. The standard InChI is InChI=1S/C30H36N2O5/c1-5-16-37-25-11-10-24(19-21(25)4)28(33)26-27(23-8-6-22(7-9-23)20(2)3)32(30(35)29(26)34)13-12-31-14-17-36-18-15-31/h5-11,19-20,27,33H,1,12-18H2,2-4H3/b28-26-. The zero-order chi connectivity index (χ0) is 26.5. The largest absolute Gasteiger partial charge is 0.507 e. The molecule has 2 saturated heterocycles. The summed E-state index contributed by atoms with van der Waals surface area (Å²) in [4.78, 5) is 30.5. The van der Waals surface area contributed by atoms with Gasteiger partial charge in [0.1, 0.15) is 18.1 Å². The molecule has 2 aliphatic heterocycles. The Kier molecular flexibility index (Phi) is 8.46. The molecule has 2 fully saturated rings. The van der Waals surface area contributed by atoms with Gasteiger partial charge in [0.15, 0.2) is 0 Å². The predicted octanol–water partition coefficient (Wildman–Crippen LogP) is 4.44. The molecular weight excluding hydrogens is 468 g/mol. The summed E-state index contributed by atoms with van der Waals surface area (Å²) >= 11 is 0. The summed E-state index contributed by atoms with van der Waals surface area (Å²) < 4.78 is 11.1. The summed E-state index contributed by atoms with van der Waals surface area (Å²) in [6.45, 7) is 14.1. The summed E-state index contributed by atoms with van der Waals surface area (Å²) in [6, 6.07) is 12.5. The van der Waals surface area contributed by atoms with Crippen molar-refractivity contribution in [2.75, 3.05) is 46.0 Å². The summed E-state index contributed by atoms with van der Waals surface area (Å²) in [5.41, 5.74) is 3.36. The number of nitrogens with zero attached hydrogens (tertiary/aromatic N) is 2. The number of hydrogen-bond donors (Lipinski definition) is 1. The second-order valence-corrected chi connectivity index (χ2v) is 9.85. The zero-order valence-corrected chi connectivity index (χ0v) is 21.9. The van der Waals surface area contributed by atoms with E-state index in [4.69, 9.17) is 9.47 Å². The van der Waals surface area contributed by atoms with Gasteiger partial charge in [-0.2, -0.15) is 0 Å². The number of Topliss-reactive ketones (excluding diaryl/α,β-unsaturated/α-hetero) is 1. The van der Waals surface area contributed by atoms with Crippen LogP contribution in [0.5, 0.6) is 5.75 Å². The van der Waals surface area contributed by atoms with Gasteiger partial charge < -0.3 is 19.5 Å². The maximum absolute atomic E-state index is 13.4. The highest BCUT2D eigenvalue weighted by molar-refractivity contribution is 6.46. The van der Waals surface area contributed by atoms with Crippen LogP contribution >= 0.6 is 0 Å². The number of aliphatic hydroxyl groups excluding tert-OH is 1. The zero-order valence-electron chi connectivity index (χ0n) is 21.9. The lowest BCUT2D eigenvalue weighted by Crippen LogP contribution is -2.42. The third kappa shape index (κ3) is 5.78. The number of carbonyl (C=O) groups excluding carboxylic acids is 2. The van der Waals surface area contributed by atoms with Crippen LogP contribution in [0.15, 0.2) is 60.7 Å². The molecule has 37 heavy (non-hydrogen) atoms. The van der Waals surface area contributed by atoms with Crippen LogP contribution in [0.3, 0.4) is 0 Å². The molecule has 7 nitrogen and oxygen atoms in total. The number of ketones is 1. The van der Waals surface area contributed by atoms with Crippen molar-refractivity contribution in [1.29, 1.82) is 0 Å². The molecule has 2 heterocycles. The first kappa shape index (κ1) is 26.6. The molecule has 0 saturated carbocycles. The van der Waals surface area contributed by atoms with Crippen molar-refractivity contribution in [2.24, 2.45) is 0 Å². The molecule has 0 bridgehead atoms. The fourth-order valence-corrected chi connectivity index (χ4v) is 4.86. The molecule has 2 aromatic rings. The molecule has 2 aliphatic rings. The molecule has 0 aromatic heterocycles. The minimum atomic E-state index is -0.667. The average Bonchev–Trinajstić information content (AvgIpc) is 3.16. The summed E-state index contributed by atoms with van der Waals surface area (Å²) in [7, 11) is 0. The molecule has 4 rings (SSSR count). The lowest BCUT2D eigenvalue weighted by Gasteiger charge is -2.31. The van der Waals surface area contributed by atoms with Gasteiger partial charge in [-0.25, -0.2) is 0 Å². The van der Waals surface area contributed by atoms with Gasteiger partial charge in [-0.15, -0.1) is 0 Å². The van der Waals surface area contributed by atoms with Gasteiger partial charge in [0.25, 0.3) is 11.7 Å². The lowest BCUT2D eigenvalue weighted by molar-refractivity contribution is -0.140. The normalized spacial score (nSPS) is 20.0. The molecule has 1 amide bonds. The SMILES string of the molecule is C=CCOc1ccc(/C(O)=C2/C(=O)C(=O)N(CCN3CCOCC3)C2c2ccc(C(C)C)cc2)cc1C. The van der Waals surface area contributed by atoms with Crippen molar-refractivity contribution in [2.45, 2.75) is 32.7 Å². The molecule has 1 unspecified atom stereocenters. The number of carbonyl (C=O) groups is 2. The minimum absolute atomic E-state index is 0.114. The Bertz CT molecular complexity index is 1180. The topological polar surface area (TPSA) is 79.3 Å². The third-order valence-electron chi connectivity index (χ3n) is 7.02. The Labute approximate surface area is 219 Å². The molecule has 2 aromatic carbocycles. The van der Waals surface area contributed by atoms with E-state index in [1.54, 1.807) is 29.2 Å². The summed E-state index contributed by atoms with van der Waals surface area (Å²) in [6.07, 6.45) is 1.66. The van der Waals surface area contributed by atoms with E-state index in [2.05, 4.69) is 25.3 Å². The highest BCUT2D eigenvalue weighted by Crippen LogP contribution is 2.40. The molecular formula is C30H36N2O5. The van der Waals surface area contributed by atoms with Gasteiger partial charge in [-0.05, 0) is 47.7 Å². The van der Waals surface area contributed by atoms with Crippen LogP contribution in [0.2, 0.25) is 0 Å². The molecule has 0 aliphatic carbocycles. The van der Waals surface area contributed by atoms with E-state index in [1.165, 1.54) is 5.56 Å². The van der Waals surface area contributed by atoms with Gasteiger partial charge in [0.2, 0.25) is 0 Å². The first-order valence-electron chi connectivity index (χ1n) is 12.8. The quantitative estimate of drug-likeness (QED) is 0.236. The second-order valence-electron chi connectivity index (χ2n) is 9.85. The summed E-state index contributed by atoms with van der Waals surface area (Å²) in [5, 5.41) is 11.4. The molecule has 0 spiro atoms. The Hall–Kier alpha value is -3.42. The number of aliphatic hydroxyl groups is 1. The van der Waals surface area contributed by atoms with Crippen LogP contribution in [0.4, 0.5) is 0 Å². The Morgan fingerprint density at radius 2 is 1.84 bits per heavy atom. The van der Waals surface area contributed by atoms with Crippen molar-refractivity contribution >= 4 is 17.4 Å². The van der Waals surface area contributed by atoms with Crippen LogP contribution in [0, 0.1) is 6.92 Å². The van der Waals surface area contributed by atoms with Crippen LogP contribution in [-0.2, 0) is 14.3 Å². The highest BCUT2D eigenvalue weighted by atomic mass is 16.5. The highest BCUT2D eigenvalue weighted by Gasteiger charge is 2.46. The van der Waals surface area contributed by atoms with Crippen molar-refractivity contribution in [3.05, 3.63) is 82.9 Å². The maximum Gasteiger partial charge on any atom is 0.295 e. The number of ether oxygens (including phenoxy) is 2. The van der Waals surface area contributed by atoms with Crippen LogP contribution in [0.25, 0.3) is 5.76 Å². The fourth-order valence-electron chi connectivity index (χ4n) is 4.86. The van der Waals surface area contributed by atoms with Crippen molar-refractivity contribution < 1.29 is 24.2 Å². The third-order valence-corrected chi connectivity index (χ3v) is 7.02. The molecule has 1 N–H and O–H groups in total. The number of amides is 1. The molecule has 1 atom stereocenters. The van der Waals surface area contributed by atoms with Crippen LogP contribution < -0.4 is 4.74 Å². The van der Waals surface area contributed by atoms with Crippen molar-refractivity contribution in [1.82, 2.24) is 9.80 Å². The molecule has 7 heteroatoms. The monoisotopic (exact) mass is 504 g/mol. The number of aryl methyl sites for hydroxylation is 1. The average molecular weight is 505 g/mol. The van der Waals surface area contributed by atoms with Gasteiger partial charge >= 0.3 is 0 Å². The number of benzene rings is 2. The van der Waals surface area contributed by atoms with Crippen LogP contribution in [0.1, 0.15) is 48.1 Å². The van der Waals surface area contributed by atoms with Crippen molar-refractivity contribution in [3.8, 4) is 5.75 Å². The van der Waals surface area contributed by atoms with E-state index in [0.717, 1.165) is 24.2 Å².